The van der Waals surface area contributed by atoms with Gasteiger partial charge in [0.05, 0.1) is 23.0 Å². The van der Waals surface area contributed by atoms with E-state index in [0.29, 0.717) is 65.0 Å². The molecule has 2 bridgehead atoms. The molecule has 4 saturated heterocycles. The van der Waals surface area contributed by atoms with Crippen LogP contribution >= 0.6 is 0 Å². The zero-order valence-electron chi connectivity index (χ0n) is 31.2. The van der Waals surface area contributed by atoms with E-state index in [2.05, 4.69) is 9.80 Å². The van der Waals surface area contributed by atoms with E-state index in [1.54, 1.807) is 24.4 Å². The van der Waals surface area contributed by atoms with Crippen molar-refractivity contribution in [3.63, 3.8) is 0 Å². The fourth-order valence-corrected chi connectivity index (χ4v) is 9.09. The van der Waals surface area contributed by atoms with Crippen LogP contribution < -0.4 is 14.4 Å². The molecule has 4 fully saturated rings. The van der Waals surface area contributed by atoms with Crippen molar-refractivity contribution in [1.29, 1.82) is 0 Å². The van der Waals surface area contributed by atoms with Crippen molar-refractivity contribution in [2.75, 3.05) is 51.6 Å². The third-order valence-corrected chi connectivity index (χ3v) is 11.4. The van der Waals surface area contributed by atoms with E-state index >= 15 is 8.78 Å². The lowest BCUT2D eigenvalue weighted by atomic mass is 9.94. The first-order valence-corrected chi connectivity index (χ1v) is 18.9. The fourth-order valence-electron chi connectivity index (χ4n) is 9.09. The van der Waals surface area contributed by atoms with Crippen LogP contribution in [-0.2, 0) is 15.9 Å². The van der Waals surface area contributed by atoms with Crippen molar-refractivity contribution in [3.05, 3.63) is 47.7 Å². The third kappa shape index (κ3) is 6.49. The van der Waals surface area contributed by atoms with Gasteiger partial charge in [0.2, 0.25) is 0 Å². The molecule has 0 spiro atoms. The summed E-state index contributed by atoms with van der Waals surface area (Å²) in [5.74, 6) is -0.0877. The van der Waals surface area contributed by atoms with Crippen molar-refractivity contribution in [2.45, 2.75) is 95.9 Å². The van der Waals surface area contributed by atoms with Gasteiger partial charge in [-0.3, -0.25) is 14.8 Å². The van der Waals surface area contributed by atoms with Crippen LogP contribution in [0.2, 0.25) is 0 Å². The highest BCUT2D eigenvalue weighted by Gasteiger charge is 2.46. The van der Waals surface area contributed by atoms with Gasteiger partial charge in [0.15, 0.2) is 12.6 Å². The van der Waals surface area contributed by atoms with Crippen LogP contribution in [0.1, 0.15) is 71.8 Å². The van der Waals surface area contributed by atoms with Gasteiger partial charge in [-0.15, -0.1) is 0 Å². The summed E-state index contributed by atoms with van der Waals surface area (Å²) in [5.41, 5.74) is 0.257. The standard InChI is InChI=1S/C40H48F2N6O5/c1-6-28-31(41)12-9-24-17-27(52-23-50-5)18-29(32(24)28)34-33(42)35-30(19-43-34)36(45-37(44-35)51-22-40-13-7-15-47(40)16-8-14-40)46-20-25-10-11-26(21-46)48(25)38(49)53-39(2,3)4/h9,12,17-19,25-26H,6-8,10-11,13-16,20-23H2,1-5H3/t25-,26+. The highest BCUT2D eigenvalue weighted by Crippen LogP contribution is 2.42. The quantitative estimate of drug-likeness (QED) is 0.164. The molecule has 4 aliphatic heterocycles. The number of anilines is 1. The Kier molecular flexibility index (Phi) is 9.29. The third-order valence-electron chi connectivity index (χ3n) is 11.4. The second-order valence-corrected chi connectivity index (χ2v) is 15.9. The molecule has 2 aromatic carbocycles. The van der Waals surface area contributed by atoms with Gasteiger partial charge in [-0.2, -0.15) is 9.97 Å². The van der Waals surface area contributed by atoms with Crippen LogP contribution in [0.15, 0.2) is 30.5 Å². The number of benzene rings is 2. The summed E-state index contributed by atoms with van der Waals surface area (Å²) in [7, 11) is 1.52. The predicted octanol–water partition coefficient (Wildman–Crippen LogP) is 7.26. The van der Waals surface area contributed by atoms with Crippen molar-refractivity contribution in [2.24, 2.45) is 0 Å². The maximum atomic E-state index is 17.3. The van der Waals surface area contributed by atoms with Crippen molar-refractivity contribution >= 4 is 33.6 Å². The first-order chi connectivity index (χ1) is 25.5. The Hall–Kier alpha value is -4.36. The van der Waals surface area contributed by atoms with Crippen LogP contribution in [0.3, 0.4) is 0 Å². The Balaban J connectivity index is 1.24. The highest BCUT2D eigenvalue weighted by atomic mass is 19.1. The smallest absolute Gasteiger partial charge is 0.410 e. The summed E-state index contributed by atoms with van der Waals surface area (Å²) in [4.78, 5) is 34.1. The van der Waals surface area contributed by atoms with Gasteiger partial charge in [0.1, 0.15) is 40.8 Å². The average Bonchev–Trinajstić information content (AvgIpc) is 3.79. The van der Waals surface area contributed by atoms with Gasteiger partial charge in [-0.05, 0) is 113 Å². The molecule has 1 amide bonds. The van der Waals surface area contributed by atoms with Gasteiger partial charge >= 0.3 is 12.1 Å². The zero-order valence-corrected chi connectivity index (χ0v) is 31.2. The van der Waals surface area contributed by atoms with Gasteiger partial charge in [0.25, 0.3) is 0 Å². The Bertz CT molecular complexity index is 2030. The number of rotatable bonds is 9. The molecule has 2 atom stereocenters. The Morgan fingerprint density at radius 1 is 1.02 bits per heavy atom. The maximum absolute atomic E-state index is 17.3. The van der Waals surface area contributed by atoms with Crippen LogP contribution in [0, 0.1) is 11.6 Å². The van der Waals surface area contributed by atoms with E-state index < -0.39 is 11.4 Å². The van der Waals surface area contributed by atoms with Crippen molar-refractivity contribution in [1.82, 2.24) is 24.8 Å². The number of methoxy groups -OCH3 is 1. The van der Waals surface area contributed by atoms with E-state index in [0.717, 1.165) is 51.6 Å². The van der Waals surface area contributed by atoms with Crippen LogP contribution in [0.25, 0.3) is 32.9 Å². The maximum Gasteiger partial charge on any atom is 0.410 e. The minimum absolute atomic E-state index is 0.0141. The number of aryl methyl sites for hydroxylation is 1. The minimum Gasteiger partial charge on any atom is -0.468 e. The number of pyridine rings is 1. The second kappa shape index (κ2) is 13.8. The minimum atomic E-state index is -0.663. The molecule has 0 radical (unpaired) electrons. The molecule has 13 heteroatoms. The summed E-state index contributed by atoms with van der Waals surface area (Å²) in [6.45, 7) is 11.0. The lowest BCUT2D eigenvalue weighted by Crippen LogP contribution is -2.57. The number of nitrogens with zero attached hydrogens (tertiary/aromatic N) is 6. The molecule has 0 saturated carbocycles. The molecule has 282 valence electrons. The van der Waals surface area contributed by atoms with Gasteiger partial charge < -0.3 is 23.8 Å². The molecule has 0 aliphatic carbocycles. The number of ether oxygens (including phenoxy) is 4. The molecular weight excluding hydrogens is 682 g/mol. The molecular formula is C40H48F2N6O5. The summed E-state index contributed by atoms with van der Waals surface area (Å²) < 4.78 is 55.8. The molecule has 6 heterocycles. The molecule has 11 nitrogen and oxygen atoms in total. The van der Waals surface area contributed by atoms with E-state index in [-0.39, 0.29) is 53.5 Å². The molecule has 0 N–H and O–H groups in total. The lowest BCUT2D eigenvalue weighted by Gasteiger charge is -2.42. The van der Waals surface area contributed by atoms with Crippen molar-refractivity contribution < 1.29 is 32.5 Å². The Labute approximate surface area is 308 Å². The Morgan fingerprint density at radius 3 is 2.43 bits per heavy atom. The topological polar surface area (TPSA) is 102 Å². The molecule has 4 aromatic rings. The number of carbonyl (C=O) groups is 1. The summed E-state index contributed by atoms with van der Waals surface area (Å²) in [6.07, 6.45) is 7.63. The van der Waals surface area contributed by atoms with E-state index in [4.69, 9.17) is 33.9 Å². The normalized spacial score (nSPS) is 21.1. The first-order valence-electron chi connectivity index (χ1n) is 18.9. The number of piperazine rings is 1. The number of carbonyl (C=O) groups excluding carboxylic acids is 1. The monoisotopic (exact) mass is 730 g/mol. The summed E-state index contributed by atoms with van der Waals surface area (Å²) in [6, 6.07) is 6.47. The van der Waals surface area contributed by atoms with Gasteiger partial charge in [-0.1, -0.05) is 13.0 Å². The number of fused-ring (bicyclic) bond motifs is 5. The number of aromatic nitrogens is 3. The van der Waals surface area contributed by atoms with Gasteiger partial charge in [-0.25, -0.2) is 13.6 Å². The zero-order chi connectivity index (χ0) is 37.1. The van der Waals surface area contributed by atoms with Crippen LogP contribution in [0.4, 0.5) is 19.4 Å². The lowest BCUT2D eigenvalue weighted by molar-refractivity contribution is 0.0122. The van der Waals surface area contributed by atoms with Gasteiger partial charge in [0, 0.05) is 32.0 Å². The summed E-state index contributed by atoms with van der Waals surface area (Å²) >= 11 is 0. The SMILES string of the molecule is CCc1c(F)ccc2cc(OCOC)cc(-c3ncc4c(N5C[C@H]6CC[C@@H](C5)N6C(=O)OC(C)(C)C)nc(OCC56CCCN5CCC6)nc4c3F)c12. The predicted molar refractivity (Wildman–Crippen MR) is 197 cm³/mol. The largest absolute Gasteiger partial charge is 0.468 e. The molecule has 2 aromatic heterocycles. The average molecular weight is 731 g/mol. The van der Waals surface area contributed by atoms with Crippen molar-refractivity contribution in [3.8, 4) is 23.0 Å². The molecule has 4 aliphatic rings. The van der Waals surface area contributed by atoms with E-state index in [1.165, 1.54) is 13.2 Å². The summed E-state index contributed by atoms with van der Waals surface area (Å²) in [5, 5.41) is 1.68. The fraction of sp³-hybridized carbons (Fsp3) is 0.550. The molecule has 0 unspecified atom stereocenters. The number of hydrogen-bond acceptors (Lipinski definition) is 10. The second-order valence-electron chi connectivity index (χ2n) is 15.9. The highest BCUT2D eigenvalue weighted by molar-refractivity contribution is 6.02. The Morgan fingerprint density at radius 2 is 1.75 bits per heavy atom. The van der Waals surface area contributed by atoms with Crippen LogP contribution in [-0.4, -0.2) is 101 Å². The van der Waals surface area contributed by atoms with E-state index in [9.17, 15) is 4.79 Å². The number of halogens is 2. The van der Waals surface area contributed by atoms with E-state index in [1.807, 2.05) is 32.6 Å². The molecule has 8 rings (SSSR count). The first kappa shape index (κ1) is 35.7. The number of hydrogen-bond donors (Lipinski definition) is 0. The van der Waals surface area contributed by atoms with Crippen LogP contribution in [0.5, 0.6) is 11.8 Å². The molecule has 53 heavy (non-hydrogen) atoms. The number of amides is 1.